The molecule has 14 nitrogen and oxygen atoms in total. The van der Waals surface area contributed by atoms with Gasteiger partial charge < -0.3 is 25.4 Å². The second kappa shape index (κ2) is 18.5. The molecular weight excluding hydrogens is 735 g/mol. The number of carbonyl (C=O) groups excluding carboxylic acids is 4. The van der Waals surface area contributed by atoms with Crippen molar-refractivity contribution < 1.29 is 55.4 Å². The zero-order valence-electron chi connectivity index (χ0n) is 30.0. The van der Waals surface area contributed by atoms with Gasteiger partial charge in [-0.15, -0.1) is 12.5 Å². The quantitative estimate of drug-likeness (QED) is 0.104. The molecule has 1 aliphatic carbocycles. The number of carboxylic acid groups (broad SMARTS) is 1. The summed E-state index contributed by atoms with van der Waals surface area (Å²) in [6, 6.07) is 1.27. The van der Waals surface area contributed by atoms with Crippen molar-refractivity contribution in [2.45, 2.75) is 114 Å². The Morgan fingerprint density at radius 2 is 1.83 bits per heavy atom. The lowest BCUT2D eigenvalue weighted by Gasteiger charge is -2.30. The molecule has 1 aromatic carbocycles. The number of fused-ring (bicyclic) bond motifs is 1. The Kier molecular flexibility index (Phi) is 14.4. The SMILES string of the molecule is C=C[C@H](C#CC)C(NC(=O)[C@@H]1CCCN1C(=O)[C@H](CCC(F)(F)F)NC(=O)OCCCCCc1cccc2c1CN(C(=O)O)C2)C(=O)NS(=O)(=O)C1CC1. The Morgan fingerprint density at radius 3 is 2.48 bits per heavy atom. The van der Waals surface area contributed by atoms with E-state index in [1.165, 1.54) is 17.9 Å². The largest absolute Gasteiger partial charge is 0.465 e. The molecule has 0 radical (unpaired) electrons. The van der Waals surface area contributed by atoms with Gasteiger partial charge in [0.05, 0.1) is 17.8 Å². The first kappa shape index (κ1) is 42.0. The van der Waals surface area contributed by atoms with Gasteiger partial charge in [-0.25, -0.2) is 18.0 Å². The van der Waals surface area contributed by atoms with Crippen LogP contribution < -0.4 is 15.4 Å². The minimum absolute atomic E-state index is 0.0261. The van der Waals surface area contributed by atoms with Crippen LogP contribution in [0.2, 0.25) is 0 Å². The molecule has 18 heteroatoms. The molecule has 0 aromatic heterocycles. The fourth-order valence-electron chi connectivity index (χ4n) is 6.55. The summed E-state index contributed by atoms with van der Waals surface area (Å²) >= 11 is 0. The second-order valence-corrected chi connectivity index (χ2v) is 15.5. The monoisotopic (exact) mass is 781 g/mol. The van der Waals surface area contributed by atoms with Gasteiger partial charge in [0.2, 0.25) is 21.8 Å². The molecular formula is C36H46F3N5O9S. The smallest absolute Gasteiger partial charge is 0.407 e. The summed E-state index contributed by atoms with van der Waals surface area (Å²) in [5, 5.41) is 13.3. The summed E-state index contributed by atoms with van der Waals surface area (Å²) < 4.78 is 71.9. The summed E-state index contributed by atoms with van der Waals surface area (Å²) in [7, 11) is -4.00. The number of aryl methyl sites for hydroxylation is 1. The minimum atomic E-state index is -4.65. The van der Waals surface area contributed by atoms with Gasteiger partial charge in [-0.1, -0.05) is 30.2 Å². The third kappa shape index (κ3) is 11.6. The van der Waals surface area contributed by atoms with E-state index in [0.717, 1.165) is 21.6 Å². The summed E-state index contributed by atoms with van der Waals surface area (Å²) in [6.07, 6.45) is -4.16. The highest BCUT2D eigenvalue weighted by Crippen LogP contribution is 2.29. The number of nitrogens with one attached hydrogen (secondary N) is 3. The molecule has 296 valence electrons. The van der Waals surface area contributed by atoms with Crippen LogP contribution in [-0.2, 0) is 48.7 Å². The van der Waals surface area contributed by atoms with E-state index in [9.17, 15) is 50.7 Å². The molecule has 1 aromatic rings. The fraction of sp³-hybridized carbons (Fsp3) is 0.583. The van der Waals surface area contributed by atoms with Gasteiger partial charge in [-0.3, -0.25) is 24.0 Å². The van der Waals surface area contributed by atoms with Crippen molar-refractivity contribution in [2.24, 2.45) is 5.92 Å². The topological polar surface area (TPSA) is 192 Å². The minimum Gasteiger partial charge on any atom is -0.465 e. The molecule has 0 spiro atoms. The Balaban J connectivity index is 1.33. The van der Waals surface area contributed by atoms with Crippen LogP contribution in [-0.4, -0.2) is 95.9 Å². The number of alkyl halides is 3. The van der Waals surface area contributed by atoms with Crippen molar-refractivity contribution in [3.63, 3.8) is 0 Å². The highest BCUT2D eigenvalue weighted by Gasteiger charge is 2.43. The van der Waals surface area contributed by atoms with Crippen molar-refractivity contribution in [1.29, 1.82) is 0 Å². The normalized spacial score (nSPS) is 18.3. The Labute approximate surface area is 312 Å². The Hall–Kier alpha value is -4.79. The first-order valence-electron chi connectivity index (χ1n) is 17.8. The first-order chi connectivity index (χ1) is 25.5. The molecule has 4 atom stereocenters. The predicted octanol–water partition coefficient (Wildman–Crippen LogP) is 3.74. The van der Waals surface area contributed by atoms with Gasteiger partial charge >= 0.3 is 18.4 Å². The highest BCUT2D eigenvalue weighted by molar-refractivity contribution is 7.90. The maximum Gasteiger partial charge on any atom is 0.407 e. The number of nitrogens with zero attached hydrogens (tertiary/aromatic N) is 2. The van der Waals surface area contributed by atoms with E-state index < -0.39 is 88.2 Å². The van der Waals surface area contributed by atoms with Crippen LogP contribution in [0, 0.1) is 17.8 Å². The number of likely N-dealkylation sites (tertiary alicyclic amines) is 1. The number of amides is 5. The average Bonchev–Trinajstić information content (AvgIpc) is 3.70. The lowest BCUT2D eigenvalue weighted by Crippen LogP contribution is -2.58. The van der Waals surface area contributed by atoms with Crippen molar-refractivity contribution in [2.75, 3.05) is 13.2 Å². The van der Waals surface area contributed by atoms with Gasteiger partial charge in [0.1, 0.15) is 18.1 Å². The number of ether oxygens (including phenoxy) is 1. The third-order valence-corrected chi connectivity index (χ3v) is 11.4. The number of unbranched alkanes of at least 4 members (excludes halogenated alkanes) is 2. The number of halogens is 3. The summed E-state index contributed by atoms with van der Waals surface area (Å²) in [4.78, 5) is 66.8. The average molecular weight is 782 g/mol. The van der Waals surface area contributed by atoms with Crippen LogP contribution in [0.1, 0.15) is 81.4 Å². The Morgan fingerprint density at radius 1 is 1.09 bits per heavy atom. The van der Waals surface area contributed by atoms with Crippen LogP contribution in [0.15, 0.2) is 30.9 Å². The van der Waals surface area contributed by atoms with Crippen LogP contribution in [0.25, 0.3) is 0 Å². The van der Waals surface area contributed by atoms with E-state index in [1.54, 1.807) is 0 Å². The molecule has 3 aliphatic rings. The Bertz CT molecular complexity index is 1760. The summed E-state index contributed by atoms with van der Waals surface area (Å²) in [5.74, 6) is 1.41. The standard InChI is InChI=1S/C36H46F3N5O9S/c1-3-10-23(4-2)30(32(46)42-54(51,52)26-15-16-26)41-31(45)29-14-9-19-44(29)33(47)28(17-18-36(37,38)39)40-34(48)53-20-7-5-6-11-24-12-8-13-25-21-43(35(49)50)22-27(24)25/h4,8,12-13,23,26,28-30H,2,5-7,9,11,14-22H2,1H3,(H,40,48)(H,41,45)(H,42,46)(H,49,50)/t23-,28+,29+,30?/m1/s1. The molecule has 54 heavy (non-hydrogen) atoms. The van der Waals surface area contributed by atoms with E-state index in [4.69, 9.17) is 4.74 Å². The second-order valence-electron chi connectivity index (χ2n) is 13.5. The molecule has 5 amide bonds. The van der Waals surface area contributed by atoms with E-state index in [0.29, 0.717) is 51.6 Å². The van der Waals surface area contributed by atoms with Gasteiger partial charge in [0.25, 0.3) is 5.91 Å². The highest BCUT2D eigenvalue weighted by atomic mass is 32.2. The van der Waals surface area contributed by atoms with Crippen molar-refractivity contribution in [3.05, 3.63) is 47.5 Å². The van der Waals surface area contributed by atoms with Crippen molar-refractivity contribution in [3.8, 4) is 11.8 Å². The van der Waals surface area contributed by atoms with Gasteiger partial charge in [0.15, 0.2) is 0 Å². The summed E-state index contributed by atoms with van der Waals surface area (Å²) in [5.41, 5.74) is 2.98. The molecule has 1 saturated heterocycles. The maximum atomic E-state index is 13.7. The fourth-order valence-corrected chi connectivity index (χ4v) is 7.88. The first-order valence-corrected chi connectivity index (χ1v) is 19.4. The predicted molar refractivity (Wildman–Crippen MR) is 189 cm³/mol. The zero-order valence-corrected chi connectivity index (χ0v) is 30.8. The van der Waals surface area contributed by atoms with Gasteiger partial charge in [0, 0.05) is 26.1 Å². The lowest BCUT2D eigenvalue weighted by atomic mass is 9.99. The van der Waals surface area contributed by atoms with Crippen molar-refractivity contribution in [1.82, 2.24) is 25.2 Å². The van der Waals surface area contributed by atoms with Crippen LogP contribution >= 0.6 is 0 Å². The van der Waals surface area contributed by atoms with Crippen LogP contribution in [0.4, 0.5) is 22.8 Å². The molecule has 1 saturated carbocycles. The lowest BCUT2D eigenvalue weighted by molar-refractivity contribution is -0.145. The number of hydrogen-bond donors (Lipinski definition) is 4. The van der Waals surface area contributed by atoms with Gasteiger partial charge in [-0.05, 0) is 81.4 Å². The molecule has 2 heterocycles. The zero-order chi connectivity index (χ0) is 39.6. The number of benzene rings is 1. The summed E-state index contributed by atoms with van der Waals surface area (Å²) in [6.45, 7) is 5.64. The number of hydrogen-bond acceptors (Lipinski definition) is 8. The number of rotatable bonds is 17. The third-order valence-electron chi connectivity index (χ3n) is 9.53. The van der Waals surface area contributed by atoms with Crippen LogP contribution in [0.5, 0.6) is 0 Å². The molecule has 2 fully saturated rings. The maximum absolute atomic E-state index is 13.7. The number of alkyl carbamates (subject to hydrolysis) is 1. The molecule has 2 aliphatic heterocycles. The molecule has 4 rings (SSSR count). The van der Waals surface area contributed by atoms with E-state index in [1.807, 2.05) is 22.9 Å². The molecule has 1 unspecified atom stereocenters. The molecule has 0 bridgehead atoms. The van der Waals surface area contributed by atoms with Crippen molar-refractivity contribution >= 4 is 39.9 Å². The molecule has 4 N–H and O–H groups in total. The van der Waals surface area contributed by atoms with E-state index >= 15 is 0 Å². The van der Waals surface area contributed by atoms with E-state index in [2.05, 4.69) is 29.1 Å². The van der Waals surface area contributed by atoms with Crippen LogP contribution in [0.3, 0.4) is 0 Å². The van der Waals surface area contributed by atoms with Gasteiger partial charge in [-0.2, -0.15) is 13.2 Å². The number of carbonyl (C=O) groups is 5. The van der Waals surface area contributed by atoms with E-state index in [-0.39, 0.29) is 26.0 Å². The number of sulfonamides is 1.